The number of amides is 2. The van der Waals surface area contributed by atoms with Crippen molar-refractivity contribution in [3.05, 3.63) is 35.4 Å². The van der Waals surface area contributed by atoms with Gasteiger partial charge in [-0.3, -0.25) is 14.8 Å². The second-order valence-electron chi connectivity index (χ2n) is 8.59. The molecular weight excluding hydrogens is 370 g/mol. The maximum absolute atomic E-state index is 13.2. The molecule has 2 aliphatic heterocycles. The van der Waals surface area contributed by atoms with Crippen LogP contribution in [-0.4, -0.2) is 54.7 Å². The van der Waals surface area contributed by atoms with Crippen LogP contribution in [0.3, 0.4) is 0 Å². The van der Waals surface area contributed by atoms with Crippen LogP contribution < -0.4 is 15.5 Å². The summed E-state index contributed by atoms with van der Waals surface area (Å²) < 4.78 is 5.35. The van der Waals surface area contributed by atoms with E-state index in [0.29, 0.717) is 19.5 Å². The fraction of sp³-hybridized carbons (Fsp3) is 0.545. The van der Waals surface area contributed by atoms with Crippen LogP contribution in [-0.2, 0) is 9.59 Å². The first kappa shape index (κ1) is 19.9. The molecule has 156 valence electrons. The van der Waals surface area contributed by atoms with Crippen LogP contribution in [0.25, 0.3) is 5.57 Å². The van der Waals surface area contributed by atoms with Gasteiger partial charge >= 0.3 is 0 Å². The summed E-state index contributed by atoms with van der Waals surface area (Å²) in [6.07, 6.45) is 5.65. The van der Waals surface area contributed by atoms with E-state index in [1.165, 1.54) is 11.1 Å². The van der Waals surface area contributed by atoms with Gasteiger partial charge in [0.25, 0.3) is 0 Å². The van der Waals surface area contributed by atoms with E-state index in [2.05, 4.69) is 18.3 Å². The molecule has 7 heteroatoms. The molecule has 0 radical (unpaired) electrons. The molecule has 0 bridgehead atoms. The maximum atomic E-state index is 13.2. The number of rotatable bonds is 4. The molecule has 2 amide bonds. The summed E-state index contributed by atoms with van der Waals surface area (Å²) in [6, 6.07) is 5.45. The standard InChI is InChI=1S/C22H29N3O4/c1-14-3-4-16(29-2)11-17(14)15-5-9-25(10-6-15)21(27)19-18(20(26)24-28)12-22(7-8-22)13-23-19/h3-5,11,18-19,23,28H,6-10,12-13H2,1-2H3,(H,24,26)/t18-,19-/m0/s1. The smallest absolute Gasteiger partial charge is 0.248 e. The Kier molecular flexibility index (Phi) is 5.36. The predicted molar refractivity (Wildman–Crippen MR) is 108 cm³/mol. The van der Waals surface area contributed by atoms with Crippen LogP contribution in [0.15, 0.2) is 24.3 Å². The zero-order chi connectivity index (χ0) is 20.6. The minimum atomic E-state index is -0.582. The van der Waals surface area contributed by atoms with E-state index in [4.69, 9.17) is 9.94 Å². The Hall–Kier alpha value is -2.38. The van der Waals surface area contributed by atoms with E-state index >= 15 is 0 Å². The van der Waals surface area contributed by atoms with Gasteiger partial charge in [0, 0.05) is 19.6 Å². The largest absolute Gasteiger partial charge is 0.497 e. The average Bonchev–Trinajstić information content (AvgIpc) is 3.51. The van der Waals surface area contributed by atoms with E-state index in [9.17, 15) is 9.59 Å². The van der Waals surface area contributed by atoms with Crippen molar-refractivity contribution in [2.75, 3.05) is 26.7 Å². The summed E-state index contributed by atoms with van der Waals surface area (Å²) in [5.74, 6) is -0.244. The summed E-state index contributed by atoms with van der Waals surface area (Å²) in [4.78, 5) is 27.2. The van der Waals surface area contributed by atoms with Crippen molar-refractivity contribution >= 4 is 17.4 Å². The molecule has 2 atom stereocenters. The van der Waals surface area contributed by atoms with Gasteiger partial charge in [-0.1, -0.05) is 12.1 Å². The van der Waals surface area contributed by atoms with Gasteiger partial charge in [0.2, 0.25) is 11.8 Å². The van der Waals surface area contributed by atoms with Crippen LogP contribution in [0, 0.1) is 18.3 Å². The molecule has 1 spiro atoms. The minimum Gasteiger partial charge on any atom is -0.497 e. The normalized spacial score (nSPS) is 25.3. The summed E-state index contributed by atoms with van der Waals surface area (Å²) in [7, 11) is 1.66. The highest BCUT2D eigenvalue weighted by Gasteiger charge is 2.52. The zero-order valence-electron chi connectivity index (χ0n) is 17.0. The Morgan fingerprint density at radius 1 is 1.34 bits per heavy atom. The molecule has 2 heterocycles. The van der Waals surface area contributed by atoms with Gasteiger partial charge in [0.1, 0.15) is 5.75 Å². The Labute approximate surface area is 171 Å². The Morgan fingerprint density at radius 2 is 2.14 bits per heavy atom. The predicted octanol–water partition coefficient (Wildman–Crippen LogP) is 1.88. The Balaban J connectivity index is 1.47. The third kappa shape index (κ3) is 3.89. The lowest BCUT2D eigenvalue weighted by atomic mass is 9.81. The SMILES string of the molecule is COc1ccc(C)c(C2=CCN(C(=O)[C@H]3NCC4(CC4)C[C@@H]3C(=O)NO)CC2)c1. The van der Waals surface area contributed by atoms with Gasteiger partial charge in [-0.2, -0.15) is 0 Å². The van der Waals surface area contributed by atoms with Crippen molar-refractivity contribution in [3.8, 4) is 5.75 Å². The molecule has 29 heavy (non-hydrogen) atoms. The highest BCUT2D eigenvalue weighted by atomic mass is 16.5. The molecule has 0 unspecified atom stereocenters. The summed E-state index contributed by atoms with van der Waals surface area (Å²) in [6.45, 7) is 3.96. The number of hydrogen-bond acceptors (Lipinski definition) is 5. The van der Waals surface area contributed by atoms with Crippen molar-refractivity contribution < 1.29 is 19.5 Å². The molecule has 1 aromatic carbocycles. The number of carbonyl (C=O) groups is 2. The van der Waals surface area contributed by atoms with Crippen molar-refractivity contribution in [1.29, 1.82) is 0 Å². The van der Waals surface area contributed by atoms with Crippen molar-refractivity contribution in [3.63, 3.8) is 0 Å². The highest BCUT2D eigenvalue weighted by Crippen LogP contribution is 2.52. The van der Waals surface area contributed by atoms with Gasteiger partial charge in [-0.25, -0.2) is 5.48 Å². The van der Waals surface area contributed by atoms with Gasteiger partial charge in [-0.15, -0.1) is 0 Å². The van der Waals surface area contributed by atoms with Gasteiger partial charge < -0.3 is 15.0 Å². The molecule has 7 nitrogen and oxygen atoms in total. The number of piperidine rings is 1. The first-order valence-electron chi connectivity index (χ1n) is 10.3. The molecule has 1 saturated heterocycles. The van der Waals surface area contributed by atoms with Crippen molar-refractivity contribution in [1.82, 2.24) is 15.7 Å². The second kappa shape index (κ2) is 7.80. The zero-order valence-corrected chi connectivity index (χ0v) is 17.0. The van der Waals surface area contributed by atoms with E-state index in [1.54, 1.807) is 17.5 Å². The molecule has 1 aromatic rings. The lowest BCUT2D eigenvalue weighted by Crippen LogP contribution is -2.59. The summed E-state index contributed by atoms with van der Waals surface area (Å²) >= 11 is 0. The molecule has 3 N–H and O–H groups in total. The van der Waals surface area contributed by atoms with E-state index in [-0.39, 0.29) is 11.3 Å². The molecular formula is C22H29N3O4. The molecule has 1 aliphatic carbocycles. The van der Waals surface area contributed by atoms with E-state index < -0.39 is 17.9 Å². The molecule has 0 aromatic heterocycles. The molecule has 2 fully saturated rings. The molecule has 3 aliphatic rings. The quantitative estimate of drug-likeness (QED) is 0.531. The maximum Gasteiger partial charge on any atom is 0.248 e. The number of nitrogens with zero attached hydrogens (tertiary/aromatic N) is 1. The van der Waals surface area contributed by atoms with Crippen molar-refractivity contribution in [2.45, 2.75) is 38.6 Å². The van der Waals surface area contributed by atoms with E-state index in [1.807, 2.05) is 18.2 Å². The first-order valence-corrected chi connectivity index (χ1v) is 10.3. The van der Waals surface area contributed by atoms with Crippen LogP contribution in [0.5, 0.6) is 5.75 Å². The lowest BCUT2D eigenvalue weighted by Gasteiger charge is -2.38. The number of methoxy groups -OCH3 is 1. The lowest BCUT2D eigenvalue weighted by molar-refractivity contribution is -0.144. The number of nitrogens with one attached hydrogen (secondary N) is 2. The number of hydroxylamine groups is 1. The van der Waals surface area contributed by atoms with Crippen LogP contribution in [0.1, 0.15) is 36.8 Å². The topological polar surface area (TPSA) is 90.9 Å². The van der Waals surface area contributed by atoms with E-state index in [0.717, 1.165) is 37.1 Å². The van der Waals surface area contributed by atoms with Crippen LogP contribution >= 0.6 is 0 Å². The van der Waals surface area contributed by atoms with Gasteiger partial charge in [0.05, 0.1) is 19.1 Å². The summed E-state index contributed by atoms with van der Waals surface area (Å²) in [5.41, 5.74) is 5.44. The van der Waals surface area contributed by atoms with Gasteiger partial charge in [-0.05, 0) is 66.9 Å². The monoisotopic (exact) mass is 399 g/mol. The number of carbonyl (C=O) groups excluding carboxylic acids is 2. The van der Waals surface area contributed by atoms with Crippen LogP contribution in [0.4, 0.5) is 0 Å². The van der Waals surface area contributed by atoms with Crippen LogP contribution in [0.2, 0.25) is 0 Å². The first-order chi connectivity index (χ1) is 14.0. The Morgan fingerprint density at radius 3 is 2.76 bits per heavy atom. The molecule has 1 saturated carbocycles. The summed E-state index contributed by atoms with van der Waals surface area (Å²) in [5, 5.41) is 12.4. The number of aryl methyl sites for hydroxylation is 1. The highest BCUT2D eigenvalue weighted by molar-refractivity contribution is 5.90. The second-order valence-corrected chi connectivity index (χ2v) is 8.59. The van der Waals surface area contributed by atoms with Gasteiger partial charge in [0.15, 0.2) is 0 Å². The third-order valence-corrected chi connectivity index (χ3v) is 6.73. The third-order valence-electron chi connectivity index (χ3n) is 6.73. The number of ether oxygens (including phenoxy) is 1. The number of benzene rings is 1. The molecule has 4 rings (SSSR count). The Bertz CT molecular complexity index is 846. The minimum absolute atomic E-state index is 0.0632. The average molecular weight is 399 g/mol. The number of hydrogen-bond donors (Lipinski definition) is 3. The van der Waals surface area contributed by atoms with Crippen molar-refractivity contribution in [2.24, 2.45) is 11.3 Å². The fourth-order valence-corrected chi connectivity index (χ4v) is 4.65. The fourth-order valence-electron chi connectivity index (χ4n) is 4.65.